The van der Waals surface area contributed by atoms with Crippen molar-refractivity contribution in [1.29, 1.82) is 0 Å². The van der Waals surface area contributed by atoms with Crippen LogP contribution in [0.3, 0.4) is 0 Å². The minimum Gasteiger partial charge on any atom is -0.481 e. The summed E-state index contributed by atoms with van der Waals surface area (Å²) < 4.78 is 5.61. The molecular formula is C19H21N3O4. The zero-order chi connectivity index (χ0) is 18.4. The van der Waals surface area contributed by atoms with Crippen molar-refractivity contribution < 1.29 is 19.4 Å². The minimum absolute atomic E-state index is 0.231. The molecule has 0 saturated carbocycles. The van der Waals surface area contributed by atoms with Gasteiger partial charge in [-0.25, -0.2) is 9.78 Å². The van der Waals surface area contributed by atoms with Crippen LogP contribution in [0.25, 0.3) is 0 Å². The predicted octanol–water partition coefficient (Wildman–Crippen LogP) is 2.64. The smallest absolute Gasteiger partial charge is 0.321 e. The number of aromatic nitrogens is 1. The third-order valence-electron chi connectivity index (χ3n) is 4.30. The first-order valence-electron chi connectivity index (χ1n) is 8.53. The Kier molecular flexibility index (Phi) is 5.68. The summed E-state index contributed by atoms with van der Waals surface area (Å²) in [5, 5.41) is 11.7. The fourth-order valence-corrected chi connectivity index (χ4v) is 2.81. The summed E-state index contributed by atoms with van der Waals surface area (Å²) in [5.74, 6) is -0.857. The fraction of sp³-hybridized carbons (Fsp3) is 0.316. The van der Waals surface area contributed by atoms with Gasteiger partial charge in [-0.1, -0.05) is 30.3 Å². The summed E-state index contributed by atoms with van der Waals surface area (Å²) in [4.78, 5) is 28.8. The number of nitrogens with zero attached hydrogens (tertiary/aromatic N) is 2. The van der Waals surface area contributed by atoms with Gasteiger partial charge in [-0.3, -0.25) is 4.79 Å². The van der Waals surface area contributed by atoms with Crippen molar-refractivity contribution in [1.82, 2.24) is 9.88 Å². The van der Waals surface area contributed by atoms with E-state index in [2.05, 4.69) is 10.3 Å². The molecule has 7 heteroatoms. The van der Waals surface area contributed by atoms with Crippen LogP contribution in [0.2, 0.25) is 0 Å². The number of ether oxygens (including phenoxy) is 1. The number of carboxylic acid groups (broad SMARTS) is 1. The van der Waals surface area contributed by atoms with Crippen LogP contribution in [0.15, 0.2) is 48.7 Å². The number of benzene rings is 1. The van der Waals surface area contributed by atoms with Crippen LogP contribution in [-0.4, -0.2) is 46.7 Å². The standard InChI is InChI=1S/C19H21N3O4/c23-18(24)15-8-10-22(13-15)19(25)21-16-6-7-17(20-12-16)26-11-9-14-4-2-1-3-5-14/h1-7,12,15H,8-11,13H2,(H,21,25)(H,23,24). The van der Waals surface area contributed by atoms with Crippen molar-refractivity contribution in [2.75, 3.05) is 25.0 Å². The lowest BCUT2D eigenvalue weighted by molar-refractivity contribution is -0.141. The monoisotopic (exact) mass is 355 g/mol. The normalized spacial score (nSPS) is 16.3. The second-order valence-electron chi connectivity index (χ2n) is 6.17. The number of hydrogen-bond donors (Lipinski definition) is 2. The third kappa shape index (κ3) is 4.72. The molecule has 0 aliphatic carbocycles. The van der Waals surface area contributed by atoms with E-state index in [1.165, 1.54) is 16.7 Å². The number of aliphatic carboxylic acids is 1. The quantitative estimate of drug-likeness (QED) is 0.831. The maximum Gasteiger partial charge on any atom is 0.321 e. The van der Waals surface area contributed by atoms with Gasteiger partial charge in [-0.15, -0.1) is 0 Å². The molecule has 2 N–H and O–H groups in total. The van der Waals surface area contributed by atoms with Gasteiger partial charge < -0.3 is 20.1 Å². The van der Waals surface area contributed by atoms with Gasteiger partial charge in [0.05, 0.1) is 24.4 Å². The maximum absolute atomic E-state index is 12.2. The van der Waals surface area contributed by atoms with Gasteiger partial charge in [0.2, 0.25) is 5.88 Å². The van der Waals surface area contributed by atoms with E-state index < -0.39 is 11.9 Å². The van der Waals surface area contributed by atoms with Gasteiger partial charge in [0, 0.05) is 25.6 Å². The Morgan fingerprint density at radius 3 is 2.69 bits per heavy atom. The summed E-state index contributed by atoms with van der Waals surface area (Å²) in [6.45, 7) is 1.19. The lowest BCUT2D eigenvalue weighted by atomic mass is 10.1. The van der Waals surface area contributed by atoms with Crippen molar-refractivity contribution in [3.05, 3.63) is 54.2 Å². The molecule has 3 rings (SSSR count). The molecule has 1 aliphatic heterocycles. The highest BCUT2D eigenvalue weighted by Gasteiger charge is 2.30. The molecule has 2 aromatic rings. The van der Waals surface area contributed by atoms with Crippen LogP contribution in [-0.2, 0) is 11.2 Å². The Morgan fingerprint density at radius 1 is 1.23 bits per heavy atom. The number of likely N-dealkylation sites (tertiary alicyclic amines) is 1. The second kappa shape index (κ2) is 8.33. The molecule has 2 heterocycles. The first kappa shape index (κ1) is 17.7. The number of anilines is 1. The van der Waals surface area contributed by atoms with Crippen LogP contribution in [0.4, 0.5) is 10.5 Å². The summed E-state index contributed by atoms with van der Waals surface area (Å²) >= 11 is 0. The predicted molar refractivity (Wildman–Crippen MR) is 96.2 cm³/mol. The van der Waals surface area contributed by atoms with Gasteiger partial charge in [-0.05, 0) is 18.1 Å². The van der Waals surface area contributed by atoms with Crippen LogP contribution in [0.1, 0.15) is 12.0 Å². The van der Waals surface area contributed by atoms with E-state index in [1.807, 2.05) is 30.3 Å². The topological polar surface area (TPSA) is 91.8 Å². The third-order valence-corrected chi connectivity index (χ3v) is 4.30. The first-order valence-corrected chi connectivity index (χ1v) is 8.53. The molecule has 0 spiro atoms. The molecule has 1 unspecified atom stereocenters. The van der Waals surface area contributed by atoms with E-state index in [0.717, 1.165) is 6.42 Å². The first-order chi connectivity index (χ1) is 12.6. The van der Waals surface area contributed by atoms with Crippen LogP contribution in [0, 0.1) is 5.92 Å². The molecule has 1 saturated heterocycles. The van der Waals surface area contributed by atoms with E-state index in [-0.39, 0.29) is 12.6 Å². The van der Waals surface area contributed by atoms with Gasteiger partial charge in [0.25, 0.3) is 0 Å². The van der Waals surface area contributed by atoms with Crippen LogP contribution in [0.5, 0.6) is 5.88 Å². The minimum atomic E-state index is -0.862. The Morgan fingerprint density at radius 2 is 2.04 bits per heavy atom. The van der Waals surface area contributed by atoms with E-state index in [1.54, 1.807) is 12.1 Å². The van der Waals surface area contributed by atoms with E-state index in [4.69, 9.17) is 9.84 Å². The zero-order valence-electron chi connectivity index (χ0n) is 14.3. The number of carbonyl (C=O) groups is 2. The van der Waals surface area contributed by atoms with Gasteiger partial charge in [0.15, 0.2) is 0 Å². The van der Waals surface area contributed by atoms with Crippen molar-refractivity contribution in [3.8, 4) is 5.88 Å². The zero-order valence-corrected chi connectivity index (χ0v) is 14.3. The SMILES string of the molecule is O=C(O)C1CCN(C(=O)Nc2ccc(OCCc3ccccc3)nc2)C1. The molecule has 2 amide bonds. The highest BCUT2D eigenvalue weighted by molar-refractivity contribution is 5.89. The number of nitrogens with one attached hydrogen (secondary N) is 1. The number of carbonyl (C=O) groups excluding carboxylic acids is 1. The summed E-state index contributed by atoms with van der Waals surface area (Å²) in [6.07, 6.45) is 2.80. The largest absolute Gasteiger partial charge is 0.481 e. The molecule has 1 fully saturated rings. The Hall–Kier alpha value is -3.09. The van der Waals surface area contributed by atoms with Gasteiger partial charge in [-0.2, -0.15) is 0 Å². The Balaban J connectivity index is 1.45. The van der Waals surface area contributed by atoms with Gasteiger partial charge in [0.1, 0.15) is 0 Å². The second-order valence-corrected chi connectivity index (χ2v) is 6.17. The maximum atomic E-state index is 12.2. The lowest BCUT2D eigenvalue weighted by Gasteiger charge is -2.16. The number of carboxylic acids is 1. The number of urea groups is 1. The average molecular weight is 355 g/mol. The van der Waals surface area contributed by atoms with Crippen molar-refractivity contribution in [2.24, 2.45) is 5.92 Å². The Labute approximate surface area is 151 Å². The fourth-order valence-electron chi connectivity index (χ4n) is 2.81. The molecule has 26 heavy (non-hydrogen) atoms. The summed E-state index contributed by atoms with van der Waals surface area (Å²) in [7, 11) is 0. The van der Waals surface area contributed by atoms with Crippen molar-refractivity contribution in [2.45, 2.75) is 12.8 Å². The van der Waals surface area contributed by atoms with E-state index in [0.29, 0.717) is 31.1 Å². The summed E-state index contributed by atoms with van der Waals surface area (Å²) in [6, 6.07) is 13.1. The van der Waals surface area contributed by atoms with Crippen molar-refractivity contribution >= 4 is 17.7 Å². The molecule has 7 nitrogen and oxygen atoms in total. The molecule has 136 valence electrons. The number of amides is 2. The molecule has 0 radical (unpaired) electrons. The molecular weight excluding hydrogens is 334 g/mol. The molecule has 0 bridgehead atoms. The van der Waals surface area contributed by atoms with Crippen molar-refractivity contribution in [3.63, 3.8) is 0 Å². The summed E-state index contributed by atoms with van der Waals surface area (Å²) in [5.41, 5.74) is 1.74. The Bertz CT molecular complexity index is 749. The van der Waals surface area contributed by atoms with Gasteiger partial charge >= 0.3 is 12.0 Å². The van der Waals surface area contributed by atoms with Crippen LogP contribution >= 0.6 is 0 Å². The number of rotatable bonds is 6. The highest BCUT2D eigenvalue weighted by Crippen LogP contribution is 2.18. The number of hydrogen-bond acceptors (Lipinski definition) is 4. The lowest BCUT2D eigenvalue weighted by Crippen LogP contribution is -2.33. The average Bonchev–Trinajstić information content (AvgIpc) is 3.15. The molecule has 1 aliphatic rings. The molecule has 1 aromatic carbocycles. The molecule has 1 aromatic heterocycles. The molecule has 1 atom stereocenters. The van der Waals surface area contributed by atoms with Crippen LogP contribution < -0.4 is 10.1 Å². The highest BCUT2D eigenvalue weighted by atomic mass is 16.5. The number of pyridine rings is 1. The van der Waals surface area contributed by atoms with E-state index >= 15 is 0 Å². The van der Waals surface area contributed by atoms with E-state index in [9.17, 15) is 9.59 Å².